The van der Waals surface area contributed by atoms with Crippen LogP contribution in [0.4, 0.5) is 5.69 Å². The van der Waals surface area contributed by atoms with Crippen LogP contribution in [0.2, 0.25) is 0 Å². The standard InChI is InChI=1S/C18H16BrNO3/c1-10-3-5-13(11(2)7-10)16(21)9-18(23)14-8-12(19)4-6-15(14)20-17(18)22/h3-8,23H,9H2,1-2H3,(H,20,22). The molecule has 1 aliphatic rings. The lowest BCUT2D eigenvalue weighted by Gasteiger charge is -2.20. The van der Waals surface area contributed by atoms with Crippen LogP contribution in [0.1, 0.15) is 33.5 Å². The molecule has 0 aromatic heterocycles. The number of Topliss-reactive ketones (excluding diaryl/α,β-unsaturated/α-hetero) is 1. The Labute approximate surface area is 142 Å². The average molecular weight is 374 g/mol. The maximum absolute atomic E-state index is 12.6. The van der Waals surface area contributed by atoms with Gasteiger partial charge in [0.1, 0.15) is 0 Å². The second-order valence-electron chi connectivity index (χ2n) is 5.92. The molecule has 118 valence electrons. The zero-order valence-corrected chi connectivity index (χ0v) is 14.4. The Morgan fingerprint density at radius 1 is 1.22 bits per heavy atom. The monoisotopic (exact) mass is 373 g/mol. The summed E-state index contributed by atoms with van der Waals surface area (Å²) in [7, 11) is 0. The average Bonchev–Trinajstić information content (AvgIpc) is 2.70. The maximum atomic E-state index is 12.6. The first-order valence-electron chi connectivity index (χ1n) is 7.25. The number of aryl methyl sites for hydroxylation is 2. The van der Waals surface area contributed by atoms with Crippen LogP contribution in [0.25, 0.3) is 0 Å². The number of hydrogen-bond acceptors (Lipinski definition) is 3. The van der Waals surface area contributed by atoms with E-state index in [1.807, 2.05) is 26.0 Å². The van der Waals surface area contributed by atoms with Crippen LogP contribution in [-0.2, 0) is 10.4 Å². The fourth-order valence-corrected chi connectivity index (χ4v) is 3.31. The van der Waals surface area contributed by atoms with Gasteiger partial charge in [0.05, 0.1) is 6.42 Å². The van der Waals surface area contributed by atoms with Crippen molar-refractivity contribution in [2.24, 2.45) is 0 Å². The number of anilines is 1. The number of carbonyl (C=O) groups excluding carboxylic acids is 2. The summed E-state index contributed by atoms with van der Waals surface area (Å²) in [5, 5.41) is 13.5. The molecule has 0 aliphatic carbocycles. The number of benzene rings is 2. The molecule has 1 unspecified atom stereocenters. The first-order chi connectivity index (χ1) is 10.8. The van der Waals surface area contributed by atoms with Gasteiger partial charge >= 0.3 is 0 Å². The maximum Gasteiger partial charge on any atom is 0.261 e. The van der Waals surface area contributed by atoms with E-state index in [1.165, 1.54) is 0 Å². The van der Waals surface area contributed by atoms with Crippen LogP contribution in [0.3, 0.4) is 0 Å². The number of nitrogens with one attached hydrogen (secondary N) is 1. The van der Waals surface area contributed by atoms with Gasteiger partial charge in [0.2, 0.25) is 0 Å². The molecule has 1 atom stereocenters. The molecule has 0 saturated heterocycles. The highest BCUT2D eigenvalue weighted by atomic mass is 79.9. The van der Waals surface area contributed by atoms with Crippen molar-refractivity contribution < 1.29 is 14.7 Å². The molecule has 2 N–H and O–H groups in total. The van der Waals surface area contributed by atoms with Gasteiger partial charge in [0.25, 0.3) is 5.91 Å². The highest BCUT2D eigenvalue weighted by molar-refractivity contribution is 9.10. The second-order valence-corrected chi connectivity index (χ2v) is 6.84. The Kier molecular flexibility index (Phi) is 3.86. The first kappa shape index (κ1) is 15.9. The van der Waals surface area contributed by atoms with Gasteiger partial charge in [-0.15, -0.1) is 0 Å². The van der Waals surface area contributed by atoms with Crippen molar-refractivity contribution in [3.63, 3.8) is 0 Å². The minimum atomic E-state index is -1.84. The fourth-order valence-electron chi connectivity index (χ4n) is 2.95. The number of amides is 1. The second kappa shape index (κ2) is 5.58. The third-order valence-electron chi connectivity index (χ3n) is 4.15. The molecular formula is C18H16BrNO3. The van der Waals surface area contributed by atoms with Crippen LogP contribution in [0.5, 0.6) is 0 Å². The third kappa shape index (κ3) is 2.71. The van der Waals surface area contributed by atoms with Crippen LogP contribution < -0.4 is 5.32 Å². The smallest absolute Gasteiger partial charge is 0.261 e. The van der Waals surface area contributed by atoms with Crippen molar-refractivity contribution in [1.82, 2.24) is 0 Å². The summed E-state index contributed by atoms with van der Waals surface area (Å²) in [4.78, 5) is 24.9. The molecule has 0 fully saturated rings. The minimum Gasteiger partial charge on any atom is -0.375 e. The van der Waals surface area contributed by atoms with Crippen LogP contribution in [0, 0.1) is 13.8 Å². The van der Waals surface area contributed by atoms with Gasteiger partial charge in [0, 0.05) is 21.3 Å². The number of aliphatic hydroxyl groups is 1. The molecule has 23 heavy (non-hydrogen) atoms. The van der Waals surface area contributed by atoms with Crippen molar-refractivity contribution in [3.05, 3.63) is 63.1 Å². The van der Waals surface area contributed by atoms with Crippen LogP contribution in [0.15, 0.2) is 40.9 Å². The van der Waals surface area contributed by atoms with E-state index in [4.69, 9.17) is 0 Å². The topological polar surface area (TPSA) is 66.4 Å². The molecular weight excluding hydrogens is 358 g/mol. The van der Waals surface area contributed by atoms with Gasteiger partial charge < -0.3 is 10.4 Å². The van der Waals surface area contributed by atoms with Gasteiger partial charge in [-0.1, -0.05) is 39.7 Å². The molecule has 2 aromatic carbocycles. The summed E-state index contributed by atoms with van der Waals surface area (Å²) in [6, 6.07) is 10.7. The lowest BCUT2D eigenvalue weighted by atomic mass is 9.87. The van der Waals surface area contributed by atoms with E-state index < -0.39 is 11.5 Å². The highest BCUT2D eigenvalue weighted by Crippen LogP contribution is 2.40. The van der Waals surface area contributed by atoms with Gasteiger partial charge in [0.15, 0.2) is 11.4 Å². The van der Waals surface area contributed by atoms with Crippen molar-refractivity contribution in [3.8, 4) is 0 Å². The summed E-state index contributed by atoms with van der Waals surface area (Å²) < 4.78 is 0.741. The first-order valence-corrected chi connectivity index (χ1v) is 8.05. The molecule has 0 spiro atoms. The fraction of sp³-hybridized carbons (Fsp3) is 0.222. The van der Waals surface area contributed by atoms with E-state index >= 15 is 0 Å². The molecule has 2 aromatic rings. The zero-order valence-electron chi connectivity index (χ0n) is 12.8. The van der Waals surface area contributed by atoms with Crippen molar-refractivity contribution >= 4 is 33.3 Å². The molecule has 5 heteroatoms. The van der Waals surface area contributed by atoms with E-state index in [1.54, 1.807) is 24.3 Å². The Morgan fingerprint density at radius 3 is 2.65 bits per heavy atom. The normalized spacial score (nSPS) is 19.4. The molecule has 3 rings (SSSR count). The molecule has 0 saturated carbocycles. The number of hydrogen-bond donors (Lipinski definition) is 2. The number of carbonyl (C=O) groups is 2. The number of ketones is 1. The van der Waals surface area contributed by atoms with Gasteiger partial charge in [-0.3, -0.25) is 9.59 Å². The molecule has 1 amide bonds. The van der Waals surface area contributed by atoms with Gasteiger partial charge in [-0.25, -0.2) is 0 Å². The Balaban J connectivity index is 1.97. The predicted octanol–water partition coefficient (Wildman–Crippen LogP) is 3.48. The molecule has 0 radical (unpaired) electrons. The largest absolute Gasteiger partial charge is 0.375 e. The highest BCUT2D eigenvalue weighted by Gasteiger charge is 2.47. The van der Waals surface area contributed by atoms with E-state index in [-0.39, 0.29) is 12.2 Å². The van der Waals surface area contributed by atoms with Crippen molar-refractivity contribution in [2.75, 3.05) is 5.32 Å². The van der Waals surface area contributed by atoms with Crippen molar-refractivity contribution in [1.29, 1.82) is 0 Å². The van der Waals surface area contributed by atoms with E-state index in [0.717, 1.165) is 15.6 Å². The molecule has 0 bridgehead atoms. The summed E-state index contributed by atoms with van der Waals surface area (Å²) in [6.07, 6.45) is -0.286. The quantitative estimate of drug-likeness (QED) is 0.809. The third-order valence-corrected chi connectivity index (χ3v) is 4.64. The van der Waals surface area contributed by atoms with E-state index in [9.17, 15) is 14.7 Å². The Hall–Kier alpha value is -1.98. The van der Waals surface area contributed by atoms with Crippen molar-refractivity contribution in [2.45, 2.75) is 25.9 Å². The lowest BCUT2D eigenvalue weighted by Crippen LogP contribution is -2.36. The number of rotatable bonds is 3. The molecule has 4 nitrogen and oxygen atoms in total. The summed E-state index contributed by atoms with van der Waals surface area (Å²) in [5.41, 5.74) is 1.55. The van der Waals surface area contributed by atoms with Crippen LogP contribution >= 0.6 is 15.9 Å². The predicted molar refractivity (Wildman–Crippen MR) is 91.5 cm³/mol. The Morgan fingerprint density at radius 2 is 1.96 bits per heavy atom. The van der Waals surface area contributed by atoms with E-state index in [2.05, 4.69) is 21.2 Å². The van der Waals surface area contributed by atoms with Gasteiger partial charge in [-0.2, -0.15) is 0 Å². The zero-order chi connectivity index (χ0) is 16.8. The minimum absolute atomic E-state index is 0.257. The van der Waals surface area contributed by atoms with Gasteiger partial charge in [-0.05, 0) is 37.6 Å². The Bertz CT molecular complexity index is 831. The van der Waals surface area contributed by atoms with E-state index in [0.29, 0.717) is 16.8 Å². The number of halogens is 1. The molecule has 1 aliphatic heterocycles. The lowest BCUT2D eigenvalue weighted by molar-refractivity contribution is -0.133. The summed E-state index contributed by atoms with van der Waals surface area (Å²) >= 11 is 3.33. The summed E-state index contributed by atoms with van der Waals surface area (Å²) in [5.74, 6) is -0.823. The SMILES string of the molecule is Cc1ccc(C(=O)CC2(O)C(=O)Nc3ccc(Br)cc32)c(C)c1. The van der Waals surface area contributed by atoms with Crippen LogP contribution in [-0.4, -0.2) is 16.8 Å². The number of fused-ring (bicyclic) bond motifs is 1. The molecule has 1 heterocycles. The summed E-state index contributed by atoms with van der Waals surface area (Å²) in [6.45, 7) is 3.80.